The van der Waals surface area contributed by atoms with Crippen molar-refractivity contribution in [2.45, 2.75) is 32.1 Å². The first-order valence-electron chi connectivity index (χ1n) is 6.48. The predicted molar refractivity (Wildman–Crippen MR) is 81.6 cm³/mol. The summed E-state index contributed by atoms with van der Waals surface area (Å²) < 4.78 is 0.503. The smallest absolute Gasteiger partial charge is 0.270 e. The van der Waals surface area contributed by atoms with Crippen molar-refractivity contribution < 1.29 is 9.72 Å². The van der Waals surface area contributed by atoms with Crippen LogP contribution in [0, 0.1) is 10.1 Å². The predicted octanol–water partition coefficient (Wildman–Crippen LogP) is 3.21. The molecule has 110 valence electrons. The van der Waals surface area contributed by atoms with Gasteiger partial charge >= 0.3 is 0 Å². The molecule has 1 aromatic carbocycles. The fourth-order valence-electron chi connectivity index (χ4n) is 1.72. The van der Waals surface area contributed by atoms with Gasteiger partial charge in [0, 0.05) is 23.0 Å². The third-order valence-electron chi connectivity index (χ3n) is 2.80. The Morgan fingerprint density at radius 1 is 1.30 bits per heavy atom. The summed E-state index contributed by atoms with van der Waals surface area (Å²) in [6, 6.07) is 4.26. The van der Waals surface area contributed by atoms with Gasteiger partial charge in [0.25, 0.3) is 5.69 Å². The van der Waals surface area contributed by atoms with Crippen molar-refractivity contribution in [2.75, 3.05) is 11.9 Å². The topological polar surface area (TPSA) is 98.3 Å². The number of nitrogens with two attached hydrogens (primary N) is 1. The van der Waals surface area contributed by atoms with Gasteiger partial charge in [0.15, 0.2) is 0 Å². The van der Waals surface area contributed by atoms with Crippen LogP contribution in [0.4, 0.5) is 11.4 Å². The average molecular weight is 344 g/mol. The molecule has 0 atom stereocenters. The van der Waals surface area contributed by atoms with Gasteiger partial charge in [-0.05, 0) is 41.4 Å². The van der Waals surface area contributed by atoms with Gasteiger partial charge in [-0.25, -0.2) is 0 Å². The zero-order chi connectivity index (χ0) is 15.0. The summed E-state index contributed by atoms with van der Waals surface area (Å²) in [4.78, 5) is 21.9. The van der Waals surface area contributed by atoms with Gasteiger partial charge in [-0.15, -0.1) is 0 Å². The van der Waals surface area contributed by atoms with Crippen LogP contribution in [0.25, 0.3) is 0 Å². The lowest BCUT2D eigenvalue weighted by molar-refractivity contribution is -0.384. The molecule has 0 bridgehead atoms. The van der Waals surface area contributed by atoms with Crippen LogP contribution in [-0.2, 0) is 4.79 Å². The second-order valence-electron chi connectivity index (χ2n) is 4.42. The molecule has 0 saturated carbocycles. The highest BCUT2D eigenvalue weighted by molar-refractivity contribution is 9.10. The molecule has 20 heavy (non-hydrogen) atoms. The van der Waals surface area contributed by atoms with E-state index in [0.717, 1.165) is 25.7 Å². The molecular formula is C13H18BrN3O3. The van der Waals surface area contributed by atoms with Crippen molar-refractivity contribution in [2.24, 2.45) is 5.73 Å². The van der Waals surface area contributed by atoms with Crippen molar-refractivity contribution in [3.8, 4) is 0 Å². The van der Waals surface area contributed by atoms with Crippen molar-refractivity contribution >= 4 is 33.2 Å². The minimum Gasteiger partial charge on any atom is -0.330 e. The first-order chi connectivity index (χ1) is 9.54. The molecule has 0 radical (unpaired) electrons. The van der Waals surface area contributed by atoms with Gasteiger partial charge in [0.1, 0.15) is 0 Å². The number of carbonyl (C=O) groups excluding carboxylic acids is 1. The standard InChI is InChI=1S/C13H18BrN3O3/c14-11-9-10(17(19)20)6-7-12(11)16-13(18)5-3-1-2-4-8-15/h6-7,9H,1-5,8,15H2,(H,16,18). The summed E-state index contributed by atoms with van der Waals surface area (Å²) in [5.41, 5.74) is 5.92. The number of unbranched alkanes of at least 4 members (excludes halogenated alkanes) is 3. The number of nitrogens with zero attached hydrogens (tertiary/aromatic N) is 1. The van der Waals surface area contributed by atoms with Crippen molar-refractivity contribution in [1.29, 1.82) is 0 Å². The van der Waals surface area contributed by atoms with E-state index in [2.05, 4.69) is 21.2 Å². The maximum Gasteiger partial charge on any atom is 0.270 e. The van der Waals surface area contributed by atoms with Crippen LogP contribution in [0.5, 0.6) is 0 Å². The molecule has 1 aromatic rings. The second-order valence-corrected chi connectivity index (χ2v) is 5.28. The van der Waals surface area contributed by atoms with Crippen molar-refractivity contribution in [1.82, 2.24) is 0 Å². The van der Waals surface area contributed by atoms with Gasteiger partial charge in [-0.1, -0.05) is 12.8 Å². The number of rotatable bonds is 8. The number of nitro benzene ring substituents is 1. The maximum absolute atomic E-state index is 11.7. The zero-order valence-electron chi connectivity index (χ0n) is 11.1. The number of nitro groups is 1. The summed E-state index contributed by atoms with van der Waals surface area (Å²) in [6.45, 7) is 0.682. The van der Waals surface area contributed by atoms with E-state index in [1.54, 1.807) is 0 Å². The van der Waals surface area contributed by atoms with Gasteiger partial charge in [0.2, 0.25) is 5.91 Å². The Bertz CT molecular complexity index is 480. The second kappa shape index (κ2) is 8.65. The van der Waals surface area contributed by atoms with Crippen LogP contribution < -0.4 is 11.1 Å². The maximum atomic E-state index is 11.7. The quantitative estimate of drug-likeness (QED) is 0.430. The number of nitrogens with one attached hydrogen (secondary N) is 1. The Kier molecular flexibility index (Phi) is 7.17. The molecule has 0 unspecified atom stereocenters. The third-order valence-corrected chi connectivity index (χ3v) is 3.45. The number of carbonyl (C=O) groups is 1. The fourth-order valence-corrected chi connectivity index (χ4v) is 2.18. The van der Waals surface area contributed by atoms with Crippen LogP contribution in [0.15, 0.2) is 22.7 Å². The minimum atomic E-state index is -0.478. The Balaban J connectivity index is 2.44. The van der Waals surface area contributed by atoms with E-state index in [0.29, 0.717) is 23.1 Å². The molecule has 0 aliphatic rings. The van der Waals surface area contributed by atoms with Crippen molar-refractivity contribution in [3.63, 3.8) is 0 Å². The van der Waals surface area contributed by atoms with E-state index in [1.807, 2.05) is 0 Å². The van der Waals surface area contributed by atoms with Crippen LogP contribution in [-0.4, -0.2) is 17.4 Å². The molecule has 0 spiro atoms. The lowest BCUT2D eigenvalue weighted by atomic mass is 10.1. The Hall–Kier alpha value is -1.47. The van der Waals surface area contributed by atoms with Crippen LogP contribution >= 0.6 is 15.9 Å². The molecule has 1 rings (SSSR count). The molecule has 7 heteroatoms. The number of halogens is 1. The van der Waals surface area contributed by atoms with Crippen molar-refractivity contribution in [3.05, 3.63) is 32.8 Å². The molecule has 3 N–H and O–H groups in total. The first kappa shape index (κ1) is 16.6. The van der Waals surface area contributed by atoms with Crippen LogP contribution in [0.3, 0.4) is 0 Å². The number of hydrogen-bond donors (Lipinski definition) is 2. The molecule has 0 aliphatic carbocycles. The average Bonchev–Trinajstić information content (AvgIpc) is 2.40. The number of amides is 1. The highest BCUT2D eigenvalue weighted by atomic mass is 79.9. The number of non-ortho nitro benzene ring substituents is 1. The molecule has 0 fully saturated rings. The zero-order valence-corrected chi connectivity index (χ0v) is 12.7. The van der Waals surface area contributed by atoms with E-state index >= 15 is 0 Å². The number of hydrogen-bond acceptors (Lipinski definition) is 4. The number of benzene rings is 1. The van der Waals surface area contributed by atoms with E-state index < -0.39 is 4.92 Å². The normalized spacial score (nSPS) is 10.3. The largest absolute Gasteiger partial charge is 0.330 e. The summed E-state index contributed by atoms with van der Waals surface area (Å²) >= 11 is 3.21. The van der Waals surface area contributed by atoms with Gasteiger partial charge in [-0.2, -0.15) is 0 Å². The SMILES string of the molecule is NCCCCCCC(=O)Nc1ccc([N+](=O)[O-])cc1Br. The molecule has 0 saturated heterocycles. The Morgan fingerprint density at radius 3 is 2.60 bits per heavy atom. The summed E-state index contributed by atoms with van der Waals surface area (Å²) in [5.74, 6) is -0.0905. The first-order valence-corrected chi connectivity index (χ1v) is 7.27. The lowest BCUT2D eigenvalue weighted by Crippen LogP contribution is -2.11. The summed E-state index contributed by atoms with van der Waals surface area (Å²) in [5, 5.41) is 13.3. The Morgan fingerprint density at radius 2 is 2.00 bits per heavy atom. The molecular weight excluding hydrogens is 326 g/mol. The van der Waals surface area contributed by atoms with E-state index in [1.165, 1.54) is 18.2 Å². The fraction of sp³-hybridized carbons (Fsp3) is 0.462. The third kappa shape index (κ3) is 5.66. The Labute approximate surface area is 126 Å². The molecule has 1 amide bonds. The summed E-state index contributed by atoms with van der Waals surface area (Å²) in [7, 11) is 0. The van der Waals surface area contributed by atoms with Crippen LogP contribution in [0.1, 0.15) is 32.1 Å². The molecule has 6 nitrogen and oxygen atoms in total. The lowest BCUT2D eigenvalue weighted by Gasteiger charge is -2.07. The molecule has 0 aliphatic heterocycles. The van der Waals surface area contributed by atoms with Gasteiger partial charge in [0.05, 0.1) is 10.6 Å². The minimum absolute atomic E-state index is 0.0170. The summed E-state index contributed by atoms with van der Waals surface area (Å²) in [6.07, 6.45) is 4.25. The van der Waals surface area contributed by atoms with E-state index in [4.69, 9.17) is 5.73 Å². The van der Waals surface area contributed by atoms with Gasteiger partial charge in [-0.3, -0.25) is 14.9 Å². The van der Waals surface area contributed by atoms with Gasteiger partial charge < -0.3 is 11.1 Å². The van der Waals surface area contributed by atoms with E-state index in [9.17, 15) is 14.9 Å². The number of anilines is 1. The highest BCUT2D eigenvalue weighted by Crippen LogP contribution is 2.27. The molecule has 0 heterocycles. The van der Waals surface area contributed by atoms with E-state index in [-0.39, 0.29) is 11.6 Å². The highest BCUT2D eigenvalue weighted by Gasteiger charge is 2.10. The monoisotopic (exact) mass is 343 g/mol. The van der Waals surface area contributed by atoms with Crippen LogP contribution in [0.2, 0.25) is 0 Å². The molecule has 0 aromatic heterocycles.